The van der Waals surface area contributed by atoms with Crippen LogP contribution in [0.2, 0.25) is 0 Å². The monoisotopic (exact) mass is 423 g/mol. The molecule has 31 heavy (non-hydrogen) atoms. The maximum absolute atomic E-state index is 5.97. The first-order valence-electron chi connectivity index (χ1n) is 10.8. The molecule has 0 amide bonds. The molecule has 0 radical (unpaired) electrons. The molecule has 4 aromatic rings. The van der Waals surface area contributed by atoms with Crippen LogP contribution in [0.1, 0.15) is 41.4 Å². The molecule has 2 heterocycles. The highest BCUT2D eigenvalue weighted by atomic mass is 32.1. The molecule has 3 nitrogen and oxygen atoms in total. The van der Waals surface area contributed by atoms with Gasteiger partial charge in [-0.05, 0) is 53.7 Å². The van der Waals surface area contributed by atoms with Gasteiger partial charge in [-0.25, -0.2) is 0 Å². The molecule has 0 aliphatic carbocycles. The lowest BCUT2D eigenvalue weighted by Crippen LogP contribution is -2.46. The van der Waals surface area contributed by atoms with Crippen molar-refractivity contribution in [1.29, 1.82) is 0 Å². The first-order valence-corrected chi connectivity index (χ1v) is 11.2. The Morgan fingerprint density at radius 3 is 2.58 bits per heavy atom. The summed E-state index contributed by atoms with van der Waals surface area (Å²) in [6, 6.07) is 29.8. The average molecular weight is 424 g/mol. The van der Waals surface area contributed by atoms with E-state index in [1.54, 1.807) is 0 Å². The second kappa shape index (κ2) is 8.48. The summed E-state index contributed by atoms with van der Waals surface area (Å²) in [6.45, 7) is 3.02. The number of pyridine rings is 1. The third kappa shape index (κ3) is 3.79. The molecule has 4 heteroatoms. The van der Waals surface area contributed by atoms with Crippen LogP contribution in [0.3, 0.4) is 0 Å². The molecule has 0 bridgehead atoms. The average Bonchev–Trinajstić information content (AvgIpc) is 2.83. The van der Waals surface area contributed by atoms with Gasteiger partial charge in [0.2, 0.25) is 0 Å². The lowest BCUT2D eigenvalue weighted by Gasteiger charge is -2.40. The van der Waals surface area contributed by atoms with Crippen molar-refractivity contribution in [3.8, 4) is 0 Å². The summed E-state index contributed by atoms with van der Waals surface area (Å²) in [7, 11) is 0. The van der Waals surface area contributed by atoms with Crippen molar-refractivity contribution in [2.24, 2.45) is 0 Å². The van der Waals surface area contributed by atoms with Gasteiger partial charge in [-0.2, -0.15) is 0 Å². The minimum atomic E-state index is -0.0148. The van der Waals surface area contributed by atoms with E-state index >= 15 is 0 Å². The molecule has 0 unspecified atom stereocenters. The normalized spacial score (nSPS) is 16.5. The smallest absolute Gasteiger partial charge is 0.170 e. The van der Waals surface area contributed by atoms with E-state index in [1.807, 2.05) is 12.3 Å². The van der Waals surface area contributed by atoms with Crippen LogP contribution in [-0.4, -0.2) is 21.5 Å². The summed E-state index contributed by atoms with van der Waals surface area (Å²) in [5.74, 6) is 0. The van der Waals surface area contributed by atoms with Gasteiger partial charge in [0.1, 0.15) is 0 Å². The van der Waals surface area contributed by atoms with Crippen molar-refractivity contribution in [2.45, 2.75) is 25.4 Å². The van der Waals surface area contributed by atoms with Crippen molar-refractivity contribution < 1.29 is 0 Å². The van der Waals surface area contributed by atoms with E-state index in [0.29, 0.717) is 0 Å². The predicted molar refractivity (Wildman–Crippen MR) is 131 cm³/mol. The Balaban J connectivity index is 1.56. The standard InChI is InChI=1S/C27H25N3S/c1-19(20-9-3-2-4-10-20)29-27(31)30-18-16-22-12-6-8-14-24(22)26(30)25-23-13-7-5-11-21(23)15-17-28-25/h2-15,17,19,26H,16,18H2,1H3,(H,29,31)/t19-,26-/m1/s1. The lowest BCUT2D eigenvalue weighted by atomic mass is 9.89. The quantitative estimate of drug-likeness (QED) is 0.421. The molecule has 2 atom stereocenters. The van der Waals surface area contributed by atoms with E-state index in [2.05, 4.69) is 96.0 Å². The summed E-state index contributed by atoms with van der Waals surface area (Å²) in [5.41, 5.74) is 4.94. The largest absolute Gasteiger partial charge is 0.356 e. The summed E-state index contributed by atoms with van der Waals surface area (Å²) in [4.78, 5) is 7.18. The number of benzene rings is 3. The Morgan fingerprint density at radius 1 is 0.968 bits per heavy atom. The van der Waals surface area contributed by atoms with Crippen LogP contribution >= 0.6 is 12.2 Å². The van der Waals surface area contributed by atoms with Crippen molar-refractivity contribution in [3.05, 3.63) is 114 Å². The topological polar surface area (TPSA) is 28.2 Å². The maximum Gasteiger partial charge on any atom is 0.170 e. The lowest BCUT2D eigenvalue weighted by molar-refractivity contribution is 0.327. The molecule has 154 valence electrons. The second-order valence-electron chi connectivity index (χ2n) is 8.04. The highest BCUT2D eigenvalue weighted by Crippen LogP contribution is 2.37. The second-order valence-corrected chi connectivity index (χ2v) is 8.43. The Labute approximate surface area is 188 Å². The molecule has 0 saturated heterocycles. The van der Waals surface area contributed by atoms with Gasteiger partial charge in [0.25, 0.3) is 0 Å². The fourth-order valence-corrected chi connectivity index (χ4v) is 4.91. The van der Waals surface area contributed by atoms with Gasteiger partial charge < -0.3 is 10.2 Å². The van der Waals surface area contributed by atoms with Crippen LogP contribution < -0.4 is 5.32 Å². The Kier molecular flexibility index (Phi) is 5.39. The minimum absolute atomic E-state index is 0.0148. The van der Waals surface area contributed by atoms with Gasteiger partial charge in [0, 0.05) is 18.1 Å². The Hall–Kier alpha value is -3.24. The van der Waals surface area contributed by atoms with Crippen LogP contribution in [0.5, 0.6) is 0 Å². The minimum Gasteiger partial charge on any atom is -0.356 e. The molecule has 0 fully saturated rings. The number of fused-ring (bicyclic) bond motifs is 2. The molecule has 0 saturated carbocycles. The number of rotatable bonds is 3. The van der Waals surface area contributed by atoms with E-state index < -0.39 is 0 Å². The molecule has 1 aliphatic heterocycles. The van der Waals surface area contributed by atoms with E-state index in [-0.39, 0.29) is 12.1 Å². The molecule has 0 spiro atoms. The van der Waals surface area contributed by atoms with Crippen LogP contribution in [0.25, 0.3) is 10.8 Å². The molecular weight excluding hydrogens is 398 g/mol. The van der Waals surface area contributed by atoms with Gasteiger partial charge in [0.05, 0.1) is 17.8 Å². The van der Waals surface area contributed by atoms with Crippen molar-refractivity contribution in [3.63, 3.8) is 0 Å². The van der Waals surface area contributed by atoms with Gasteiger partial charge in [0.15, 0.2) is 5.11 Å². The van der Waals surface area contributed by atoms with Crippen molar-refractivity contribution in [2.75, 3.05) is 6.54 Å². The number of nitrogens with one attached hydrogen (secondary N) is 1. The summed E-state index contributed by atoms with van der Waals surface area (Å²) in [5, 5.41) is 6.72. The van der Waals surface area contributed by atoms with Crippen LogP contribution in [0.15, 0.2) is 91.1 Å². The Morgan fingerprint density at radius 2 is 1.71 bits per heavy atom. The highest BCUT2D eigenvalue weighted by molar-refractivity contribution is 7.80. The first kappa shape index (κ1) is 19.7. The van der Waals surface area contributed by atoms with E-state index in [0.717, 1.165) is 23.8 Å². The fraction of sp³-hybridized carbons (Fsp3) is 0.185. The molecular formula is C27H25N3S. The fourth-order valence-electron chi connectivity index (χ4n) is 4.53. The molecule has 1 aliphatic rings. The third-order valence-electron chi connectivity index (χ3n) is 6.15. The summed E-state index contributed by atoms with van der Waals surface area (Å²) >= 11 is 5.97. The predicted octanol–water partition coefficient (Wildman–Crippen LogP) is 5.82. The molecule has 1 aromatic heterocycles. The summed E-state index contributed by atoms with van der Waals surface area (Å²) in [6.07, 6.45) is 2.88. The molecule has 1 N–H and O–H groups in total. The van der Waals surface area contributed by atoms with E-state index in [4.69, 9.17) is 17.2 Å². The maximum atomic E-state index is 5.97. The number of thiocarbonyl (C=S) groups is 1. The number of hydrogen-bond acceptors (Lipinski definition) is 2. The molecule has 3 aromatic carbocycles. The number of hydrogen-bond donors (Lipinski definition) is 1. The van der Waals surface area contributed by atoms with Crippen LogP contribution in [0.4, 0.5) is 0 Å². The zero-order chi connectivity index (χ0) is 21.2. The van der Waals surface area contributed by atoms with Gasteiger partial charge >= 0.3 is 0 Å². The van der Waals surface area contributed by atoms with Crippen LogP contribution in [0, 0.1) is 0 Å². The Bertz CT molecular complexity index is 1220. The van der Waals surface area contributed by atoms with E-state index in [9.17, 15) is 0 Å². The third-order valence-corrected chi connectivity index (χ3v) is 6.50. The van der Waals surface area contributed by atoms with Crippen LogP contribution in [-0.2, 0) is 6.42 Å². The van der Waals surface area contributed by atoms with Gasteiger partial charge in [-0.3, -0.25) is 4.98 Å². The number of nitrogens with zero attached hydrogens (tertiary/aromatic N) is 2. The molecule has 5 rings (SSSR count). The summed E-state index contributed by atoms with van der Waals surface area (Å²) < 4.78 is 0. The van der Waals surface area contributed by atoms with Gasteiger partial charge in [-0.15, -0.1) is 0 Å². The van der Waals surface area contributed by atoms with E-state index in [1.165, 1.54) is 27.5 Å². The number of aromatic nitrogens is 1. The first-order chi connectivity index (χ1) is 15.2. The SMILES string of the molecule is C[C@@H](NC(=S)N1CCc2ccccc2[C@@H]1c1nccc2ccccc12)c1ccccc1. The zero-order valence-corrected chi connectivity index (χ0v) is 18.3. The highest BCUT2D eigenvalue weighted by Gasteiger charge is 2.32. The van der Waals surface area contributed by atoms with Crippen molar-refractivity contribution >= 4 is 28.1 Å². The van der Waals surface area contributed by atoms with Gasteiger partial charge in [-0.1, -0.05) is 78.9 Å². The zero-order valence-electron chi connectivity index (χ0n) is 17.5. The van der Waals surface area contributed by atoms with Crippen molar-refractivity contribution in [1.82, 2.24) is 15.2 Å².